The van der Waals surface area contributed by atoms with E-state index in [1.54, 1.807) is 13.8 Å². The summed E-state index contributed by atoms with van der Waals surface area (Å²) in [6.45, 7) is 5.48. The second kappa shape index (κ2) is 6.36. The summed E-state index contributed by atoms with van der Waals surface area (Å²) in [6, 6.07) is 0. The molecule has 8 heteroatoms. The van der Waals surface area contributed by atoms with Crippen molar-refractivity contribution in [3.8, 4) is 0 Å². The molecule has 0 aromatic carbocycles. The van der Waals surface area contributed by atoms with Crippen molar-refractivity contribution in [2.75, 3.05) is 23.9 Å². The summed E-state index contributed by atoms with van der Waals surface area (Å²) in [6.07, 6.45) is 0.976. The third-order valence-electron chi connectivity index (χ3n) is 2.51. The van der Waals surface area contributed by atoms with Crippen LogP contribution < -0.4 is 5.32 Å². The minimum Gasteiger partial charge on any atom is -0.462 e. The summed E-state index contributed by atoms with van der Waals surface area (Å²) < 4.78 is 27.1. The van der Waals surface area contributed by atoms with E-state index in [2.05, 4.69) is 5.32 Å². The highest BCUT2D eigenvalue weighted by molar-refractivity contribution is 7.91. The molecule has 20 heavy (non-hydrogen) atoms. The van der Waals surface area contributed by atoms with E-state index in [0.717, 1.165) is 16.7 Å². The van der Waals surface area contributed by atoms with Crippen LogP contribution in [0.25, 0.3) is 0 Å². The van der Waals surface area contributed by atoms with Gasteiger partial charge in [0.15, 0.2) is 9.84 Å². The van der Waals surface area contributed by atoms with Gasteiger partial charge in [0.1, 0.15) is 10.8 Å². The largest absolute Gasteiger partial charge is 0.462 e. The Morgan fingerprint density at radius 1 is 1.30 bits per heavy atom. The maximum absolute atomic E-state index is 11.9. The Kier molecular flexibility index (Phi) is 5.29. The van der Waals surface area contributed by atoms with Crippen LogP contribution in [0, 0.1) is 13.8 Å². The predicted octanol–water partition coefficient (Wildman–Crippen LogP) is 1.52. The molecule has 1 heterocycles. The Morgan fingerprint density at radius 3 is 2.40 bits per heavy atom. The molecule has 1 N–H and O–H groups in total. The summed E-state index contributed by atoms with van der Waals surface area (Å²) in [7, 11) is -3.41. The van der Waals surface area contributed by atoms with Crippen molar-refractivity contribution < 1.29 is 22.7 Å². The molecule has 1 rings (SSSR count). The fraction of sp³-hybridized carbons (Fsp3) is 0.500. The summed E-state index contributed by atoms with van der Waals surface area (Å²) in [5, 5.41) is 2.79. The lowest BCUT2D eigenvalue weighted by Gasteiger charge is -2.06. The highest BCUT2D eigenvalue weighted by Gasteiger charge is 2.22. The molecule has 0 aliphatic rings. The van der Waals surface area contributed by atoms with Crippen molar-refractivity contribution in [3.63, 3.8) is 0 Å². The zero-order valence-electron chi connectivity index (χ0n) is 11.8. The van der Waals surface area contributed by atoms with Crippen LogP contribution in [0.3, 0.4) is 0 Å². The fourth-order valence-corrected chi connectivity index (χ4v) is 3.18. The first kappa shape index (κ1) is 16.6. The Hall–Kier alpha value is -1.41. The molecule has 0 aliphatic heterocycles. The van der Waals surface area contributed by atoms with Crippen LogP contribution in [0.4, 0.5) is 5.00 Å². The van der Waals surface area contributed by atoms with Crippen molar-refractivity contribution in [1.82, 2.24) is 0 Å². The molecule has 0 saturated heterocycles. The molecular formula is C12H17NO5S2. The van der Waals surface area contributed by atoms with Crippen LogP contribution in [-0.2, 0) is 19.4 Å². The lowest BCUT2D eigenvalue weighted by atomic mass is 10.1. The number of carbonyl (C=O) groups excluding carboxylic acids is 2. The maximum atomic E-state index is 11.9. The van der Waals surface area contributed by atoms with Gasteiger partial charge >= 0.3 is 5.97 Å². The number of hydrogen-bond acceptors (Lipinski definition) is 6. The zero-order chi connectivity index (χ0) is 15.5. The number of sulfone groups is 1. The monoisotopic (exact) mass is 319 g/mol. The van der Waals surface area contributed by atoms with Gasteiger partial charge in [0, 0.05) is 11.1 Å². The SMILES string of the molecule is CCOC(=O)c1c(NC(=O)CS(C)(=O)=O)sc(C)c1C. The van der Waals surface area contributed by atoms with E-state index < -0.39 is 27.5 Å². The number of amides is 1. The molecule has 0 fully saturated rings. The van der Waals surface area contributed by atoms with E-state index in [9.17, 15) is 18.0 Å². The molecular weight excluding hydrogens is 302 g/mol. The van der Waals surface area contributed by atoms with E-state index in [4.69, 9.17) is 4.74 Å². The van der Waals surface area contributed by atoms with Crippen LogP contribution in [-0.4, -0.2) is 38.9 Å². The Balaban J connectivity index is 3.04. The van der Waals surface area contributed by atoms with Gasteiger partial charge in [-0.3, -0.25) is 4.79 Å². The minimum atomic E-state index is -3.41. The van der Waals surface area contributed by atoms with Gasteiger partial charge in [0.2, 0.25) is 5.91 Å². The quantitative estimate of drug-likeness (QED) is 0.831. The second-order valence-corrected chi connectivity index (χ2v) is 7.69. The highest BCUT2D eigenvalue weighted by atomic mass is 32.2. The highest BCUT2D eigenvalue weighted by Crippen LogP contribution is 2.33. The van der Waals surface area contributed by atoms with Gasteiger partial charge in [-0.15, -0.1) is 11.3 Å². The van der Waals surface area contributed by atoms with Crippen molar-refractivity contribution in [2.24, 2.45) is 0 Å². The van der Waals surface area contributed by atoms with Crippen LogP contribution >= 0.6 is 11.3 Å². The summed E-state index contributed by atoms with van der Waals surface area (Å²) in [5.74, 6) is -1.81. The number of rotatable bonds is 5. The molecule has 6 nitrogen and oxygen atoms in total. The van der Waals surface area contributed by atoms with Gasteiger partial charge in [-0.05, 0) is 26.3 Å². The summed E-state index contributed by atoms with van der Waals surface area (Å²) in [5.41, 5.74) is 1.01. The number of hydrogen-bond donors (Lipinski definition) is 1. The first-order valence-corrected chi connectivity index (χ1v) is 8.78. The molecule has 0 bridgehead atoms. The minimum absolute atomic E-state index is 0.226. The number of carbonyl (C=O) groups is 2. The second-order valence-electron chi connectivity index (χ2n) is 4.33. The molecule has 0 aliphatic carbocycles. The smallest absolute Gasteiger partial charge is 0.341 e. The number of anilines is 1. The molecule has 1 aromatic rings. The molecule has 0 spiro atoms. The Morgan fingerprint density at radius 2 is 1.90 bits per heavy atom. The average Bonchev–Trinajstić information content (AvgIpc) is 2.51. The number of esters is 1. The number of ether oxygens (including phenoxy) is 1. The average molecular weight is 319 g/mol. The Labute approximate surface area is 122 Å². The summed E-state index contributed by atoms with van der Waals surface area (Å²) in [4.78, 5) is 24.4. The lowest BCUT2D eigenvalue weighted by Crippen LogP contribution is -2.22. The van der Waals surface area contributed by atoms with Crippen LogP contribution in [0.15, 0.2) is 0 Å². The number of thiophene rings is 1. The van der Waals surface area contributed by atoms with Crippen molar-refractivity contribution in [2.45, 2.75) is 20.8 Å². The third kappa shape index (κ3) is 4.31. The summed E-state index contributed by atoms with van der Waals surface area (Å²) >= 11 is 1.22. The molecule has 0 saturated carbocycles. The standard InChI is InChI=1S/C12H17NO5S2/c1-5-18-12(15)10-7(2)8(3)19-11(10)13-9(14)6-20(4,16)17/h5-6H2,1-4H3,(H,13,14). The first-order chi connectivity index (χ1) is 9.15. The topological polar surface area (TPSA) is 89.5 Å². The van der Waals surface area contributed by atoms with E-state index >= 15 is 0 Å². The molecule has 0 radical (unpaired) electrons. The van der Waals surface area contributed by atoms with Crippen molar-refractivity contribution >= 4 is 38.1 Å². The Bertz CT molecular complexity index is 631. The van der Waals surface area contributed by atoms with Crippen molar-refractivity contribution in [3.05, 3.63) is 16.0 Å². The van der Waals surface area contributed by atoms with Gasteiger partial charge in [-0.2, -0.15) is 0 Å². The van der Waals surface area contributed by atoms with E-state index in [0.29, 0.717) is 5.00 Å². The number of aryl methyl sites for hydroxylation is 1. The lowest BCUT2D eigenvalue weighted by molar-refractivity contribution is -0.113. The zero-order valence-corrected chi connectivity index (χ0v) is 13.4. The molecule has 112 valence electrons. The number of nitrogens with one attached hydrogen (secondary N) is 1. The van der Waals surface area contributed by atoms with Gasteiger partial charge in [-0.25, -0.2) is 13.2 Å². The van der Waals surface area contributed by atoms with Gasteiger partial charge in [-0.1, -0.05) is 0 Å². The predicted molar refractivity (Wildman–Crippen MR) is 78.1 cm³/mol. The maximum Gasteiger partial charge on any atom is 0.341 e. The molecule has 1 amide bonds. The van der Waals surface area contributed by atoms with Crippen LogP contribution in [0.2, 0.25) is 0 Å². The van der Waals surface area contributed by atoms with E-state index in [1.165, 1.54) is 11.3 Å². The molecule has 0 unspecified atom stereocenters. The van der Waals surface area contributed by atoms with Crippen LogP contribution in [0.5, 0.6) is 0 Å². The van der Waals surface area contributed by atoms with Crippen molar-refractivity contribution in [1.29, 1.82) is 0 Å². The van der Waals surface area contributed by atoms with Gasteiger partial charge in [0.25, 0.3) is 0 Å². The van der Waals surface area contributed by atoms with Gasteiger partial charge in [0.05, 0.1) is 12.2 Å². The normalized spacial score (nSPS) is 11.2. The van der Waals surface area contributed by atoms with Gasteiger partial charge < -0.3 is 10.1 Å². The van der Waals surface area contributed by atoms with E-state index in [1.807, 2.05) is 6.92 Å². The van der Waals surface area contributed by atoms with Crippen LogP contribution in [0.1, 0.15) is 27.7 Å². The first-order valence-electron chi connectivity index (χ1n) is 5.90. The fourth-order valence-electron chi connectivity index (χ4n) is 1.56. The third-order valence-corrected chi connectivity index (χ3v) is 4.42. The molecule has 1 aromatic heterocycles. The molecule has 0 atom stereocenters. The van der Waals surface area contributed by atoms with E-state index in [-0.39, 0.29) is 12.2 Å².